The van der Waals surface area contributed by atoms with Crippen LogP contribution in [0.4, 0.5) is 0 Å². The molecule has 0 bridgehead atoms. The predicted octanol–water partition coefficient (Wildman–Crippen LogP) is -3.24. The van der Waals surface area contributed by atoms with Gasteiger partial charge in [-0.15, -0.1) is 0 Å². The van der Waals surface area contributed by atoms with Gasteiger partial charge in [0.1, 0.15) is 5.75 Å². The summed E-state index contributed by atoms with van der Waals surface area (Å²) in [7, 11) is 0. The third kappa shape index (κ3) is 3.03. The van der Waals surface area contributed by atoms with Gasteiger partial charge in [-0.05, 0) is 12.1 Å². The van der Waals surface area contributed by atoms with Crippen LogP contribution in [0.25, 0.3) is 0 Å². The van der Waals surface area contributed by atoms with E-state index in [-0.39, 0.29) is 69.5 Å². The van der Waals surface area contributed by atoms with E-state index in [0.717, 1.165) is 0 Å². The summed E-state index contributed by atoms with van der Waals surface area (Å²) < 4.78 is 0. The zero-order valence-corrected chi connectivity index (χ0v) is 11.0. The van der Waals surface area contributed by atoms with E-state index in [1.165, 1.54) is 18.2 Å². The number of hydrogen-bond acceptors (Lipinski definition) is 3. The molecule has 0 saturated heterocycles. The first-order valence-corrected chi connectivity index (χ1v) is 2.71. The normalized spacial score (nSPS) is 8.36. The number of hydrogen-bond donors (Lipinski definition) is 1. The average Bonchev–Trinajstić information content (AvgIpc) is 1.88. The third-order valence-corrected chi connectivity index (χ3v) is 1.12. The van der Waals surface area contributed by atoms with E-state index in [1.54, 1.807) is 6.07 Å². The van der Waals surface area contributed by atoms with Crippen molar-refractivity contribution in [3.63, 3.8) is 0 Å². The Labute approximate surface area is 113 Å². The molecule has 0 aliphatic rings. The van der Waals surface area contributed by atoms with Crippen molar-refractivity contribution in [1.29, 1.82) is 0 Å². The molecule has 0 saturated carbocycles. The van der Waals surface area contributed by atoms with Gasteiger partial charge in [0.15, 0.2) is 0 Å². The molecular formula is C7H5O3Rb. The van der Waals surface area contributed by atoms with Crippen LogP contribution >= 0.6 is 0 Å². The van der Waals surface area contributed by atoms with Crippen LogP contribution in [0.1, 0.15) is 10.4 Å². The molecule has 0 atom stereocenters. The average molecular weight is 223 g/mol. The quantitative estimate of drug-likeness (QED) is 0.543. The Bertz CT molecular complexity index is 260. The van der Waals surface area contributed by atoms with Crippen LogP contribution in [-0.2, 0) is 0 Å². The number of para-hydroxylation sites is 1. The van der Waals surface area contributed by atoms with E-state index >= 15 is 0 Å². The smallest absolute Gasteiger partial charge is 0.545 e. The number of aromatic hydroxyl groups is 1. The van der Waals surface area contributed by atoms with Crippen molar-refractivity contribution in [1.82, 2.24) is 0 Å². The van der Waals surface area contributed by atoms with Gasteiger partial charge in [0.2, 0.25) is 0 Å². The molecule has 0 aliphatic heterocycles. The van der Waals surface area contributed by atoms with Gasteiger partial charge >= 0.3 is 58.2 Å². The van der Waals surface area contributed by atoms with Gasteiger partial charge in [-0.25, -0.2) is 0 Å². The summed E-state index contributed by atoms with van der Waals surface area (Å²) >= 11 is 0. The van der Waals surface area contributed by atoms with E-state index in [4.69, 9.17) is 5.11 Å². The van der Waals surface area contributed by atoms with Crippen LogP contribution < -0.4 is 63.3 Å². The Morgan fingerprint density at radius 1 is 1.36 bits per heavy atom. The third-order valence-electron chi connectivity index (χ3n) is 1.12. The number of carboxylic acid groups (broad SMARTS) is 1. The van der Waals surface area contributed by atoms with E-state index in [9.17, 15) is 9.90 Å². The van der Waals surface area contributed by atoms with E-state index < -0.39 is 5.97 Å². The Morgan fingerprint density at radius 2 is 1.91 bits per heavy atom. The maximum absolute atomic E-state index is 10.2. The summed E-state index contributed by atoms with van der Waals surface area (Å²) in [5.74, 6) is -1.62. The molecular weight excluding hydrogens is 218 g/mol. The molecule has 0 aromatic heterocycles. The second-order valence-electron chi connectivity index (χ2n) is 1.80. The molecule has 4 heteroatoms. The summed E-state index contributed by atoms with van der Waals surface area (Å²) in [6.45, 7) is 0. The Hall–Kier alpha value is 0.295. The van der Waals surface area contributed by atoms with Crippen molar-refractivity contribution >= 4 is 5.97 Å². The van der Waals surface area contributed by atoms with Crippen LogP contribution in [0.2, 0.25) is 0 Å². The second kappa shape index (κ2) is 5.03. The zero-order chi connectivity index (χ0) is 7.56. The first kappa shape index (κ1) is 11.3. The number of phenols is 1. The molecule has 0 aliphatic carbocycles. The Morgan fingerprint density at radius 3 is 2.27 bits per heavy atom. The maximum Gasteiger partial charge on any atom is 1.00 e. The summed E-state index contributed by atoms with van der Waals surface area (Å²) in [4.78, 5) is 10.2. The summed E-state index contributed by atoms with van der Waals surface area (Å²) in [5.41, 5.74) is -0.178. The molecule has 0 unspecified atom stereocenters. The van der Waals surface area contributed by atoms with Crippen molar-refractivity contribution in [3.05, 3.63) is 29.8 Å². The molecule has 1 aromatic rings. The number of rotatable bonds is 1. The van der Waals surface area contributed by atoms with Gasteiger partial charge in [0.25, 0.3) is 0 Å². The van der Waals surface area contributed by atoms with Gasteiger partial charge in [-0.3, -0.25) is 0 Å². The Kier molecular flexibility index (Phi) is 5.17. The first-order valence-electron chi connectivity index (χ1n) is 2.71. The van der Waals surface area contributed by atoms with Crippen molar-refractivity contribution < 1.29 is 73.2 Å². The van der Waals surface area contributed by atoms with Crippen LogP contribution in [0.3, 0.4) is 0 Å². The molecule has 1 rings (SSSR count). The topological polar surface area (TPSA) is 60.4 Å². The number of carbonyl (C=O) groups is 1. The molecule has 0 heterocycles. The fourth-order valence-corrected chi connectivity index (χ4v) is 0.646. The minimum atomic E-state index is -1.36. The van der Waals surface area contributed by atoms with Crippen LogP contribution in [0.15, 0.2) is 24.3 Å². The van der Waals surface area contributed by atoms with Crippen LogP contribution in [0.5, 0.6) is 5.75 Å². The fraction of sp³-hybridized carbons (Fsp3) is 0. The van der Waals surface area contributed by atoms with Gasteiger partial charge in [0.05, 0.1) is 5.97 Å². The molecule has 1 N–H and O–H groups in total. The van der Waals surface area contributed by atoms with Crippen molar-refractivity contribution in [2.24, 2.45) is 0 Å². The number of benzene rings is 1. The van der Waals surface area contributed by atoms with Crippen LogP contribution in [0, 0.1) is 0 Å². The molecule has 0 amide bonds. The van der Waals surface area contributed by atoms with Crippen molar-refractivity contribution in [2.45, 2.75) is 0 Å². The zero-order valence-electron chi connectivity index (χ0n) is 6.07. The minimum Gasteiger partial charge on any atom is -0.545 e. The predicted molar refractivity (Wildman–Crippen MR) is 32.4 cm³/mol. The Balaban J connectivity index is 0.000001000. The van der Waals surface area contributed by atoms with E-state index in [1.807, 2.05) is 0 Å². The fourth-order valence-electron chi connectivity index (χ4n) is 0.646. The molecule has 52 valence electrons. The standard InChI is InChI=1S/C7H6O3.Rb/c8-6-4-2-1-3-5(6)7(9)10;/h1-4,8H,(H,9,10);/q;+1/p-1. The number of carbonyl (C=O) groups excluding carboxylic acids is 1. The van der Waals surface area contributed by atoms with Gasteiger partial charge < -0.3 is 15.0 Å². The summed E-state index contributed by atoms with van der Waals surface area (Å²) in [6, 6.07) is 5.64. The van der Waals surface area contributed by atoms with Crippen molar-refractivity contribution in [2.75, 3.05) is 0 Å². The monoisotopic (exact) mass is 222 g/mol. The maximum atomic E-state index is 10.2. The van der Waals surface area contributed by atoms with Crippen LogP contribution in [-0.4, -0.2) is 11.1 Å². The number of aromatic carboxylic acids is 1. The molecule has 0 spiro atoms. The number of carboxylic acids is 1. The molecule has 0 radical (unpaired) electrons. The minimum absolute atomic E-state index is 0. The SMILES string of the molecule is O=C([O-])c1ccccc1O.[Rb+]. The second-order valence-corrected chi connectivity index (χ2v) is 1.80. The van der Waals surface area contributed by atoms with E-state index in [0.29, 0.717) is 0 Å². The molecule has 0 fully saturated rings. The largest absolute Gasteiger partial charge is 1.00 e. The van der Waals surface area contributed by atoms with Crippen molar-refractivity contribution in [3.8, 4) is 5.75 Å². The molecule has 1 aromatic carbocycles. The first-order chi connectivity index (χ1) is 4.72. The van der Waals surface area contributed by atoms with Gasteiger partial charge in [-0.2, -0.15) is 0 Å². The molecule has 11 heavy (non-hydrogen) atoms. The molecule has 3 nitrogen and oxygen atoms in total. The van der Waals surface area contributed by atoms with E-state index in [2.05, 4.69) is 0 Å². The van der Waals surface area contributed by atoms with Gasteiger partial charge in [-0.1, -0.05) is 12.1 Å². The summed E-state index contributed by atoms with van der Waals surface area (Å²) in [6.07, 6.45) is 0. The summed E-state index contributed by atoms with van der Waals surface area (Å²) in [5, 5.41) is 19.0. The van der Waals surface area contributed by atoms with Gasteiger partial charge in [0, 0.05) is 5.56 Å².